The highest BCUT2D eigenvalue weighted by Crippen LogP contribution is 2.37. The molecule has 5 nitrogen and oxygen atoms in total. The number of carbonyl (C=O) groups excluding carboxylic acids is 1. The van der Waals surface area contributed by atoms with Gasteiger partial charge in [0.15, 0.2) is 5.72 Å². The van der Waals surface area contributed by atoms with E-state index < -0.39 is 5.72 Å². The smallest absolute Gasteiger partial charge is 0.242 e. The van der Waals surface area contributed by atoms with Gasteiger partial charge in [-0.2, -0.15) is 0 Å². The third-order valence-corrected chi connectivity index (χ3v) is 5.01. The van der Waals surface area contributed by atoms with E-state index in [2.05, 4.69) is 5.32 Å². The molecule has 2 aromatic carbocycles. The number of rotatable bonds is 4. The van der Waals surface area contributed by atoms with Gasteiger partial charge >= 0.3 is 0 Å². The maximum Gasteiger partial charge on any atom is 0.242 e. The molecule has 2 aliphatic rings. The topological polar surface area (TPSA) is 50.8 Å². The summed E-state index contributed by atoms with van der Waals surface area (Å²) in [6, 6.07) is 17.6. The fraction of sp³-hybridized carbons (Fsp3) is 0.350. The molecule has 1 amide bonds. The molecule has 0 saturated carbocycles. The molecule has 130 valence electrons. The van der Waals surface area contributed by atoms with E-state index in [1.807, 2.05) is 66.4 Å². The van der Waals surface area contributed by atoms with Crippen molar-refractivity contribution >= 4 is 5.91 Å². The first-order valence-electron chi connectivity index (χ1n) is 8.54. The second kappa shape index (κ2) is 6.17. The maximum atomic E-state index is 12.9. The van der Waals surface area contributed by atoms with Crippen LogP contribution in [-0.4, -0.2) is 36.6 Å². The predicted molar refractivity (Wildman–Crippen MR) is 94.0 cm³/mol. The summed E-state index contributed by atoms with van der Waals surface area (Å²) in [6.45, 7) is 3.01. The van der Waals surface area contributed by atoms with Crippen molar-refractivity contribution in [3.8, 4) is 5.75 Å². The van der Waals surface area contributed by atoms with Crippen LogP contribution in [0.4, 0.5) is 0 Å². The second-order valence-electron chi connectivity index (χ2n) is 6.68. The number of piperazine rings is 1. The van der Waals surface area contributed by atoms with Gasteiger partial charge in [-0.15, -0.1) is 0 Å². The Morgan fingerprint density at radius 3 is 2.60 bits per heavy atom. The average Bonchev–Trinajstić information content (AvgIpc) is 2.95. The van der Waals surface area contributed by atoms with Gasteiger partial charge in [0, 0.05) is 12.1 Å². The largest absolute Gasteiger partial charge is 0.497 e. The van der Waals surface area contributed by atoms with E-state index in [0.717, 1.165) is 16.9 Å². The molecule has 25 heavy (non-hydrogen) atoms. The molecule has 5 heteroatoms. The van der Waals surface area contributed by atoms with Crippen LogP contribution in [0.3, 0.4) is 0 Å². The number of nitrogens with one attached hydrogen (secondary N) is 1. The van der Waals surface area contributed by atoms with Gasteiger partial charge in [-0.05, 0) is 24.6 Å². The van der Waals surface area contributed by atoms with Crippen LogP contribution in [0.2, 0.25) is 0 Å². The molecular weight excluding hydrogens is 316 g/mol. The van der Waals surface area contributed by atoms with Gasteiger partial charge in [0.2, 0.25) is 5.91 Å². The fourth-order valence-corrected chi connectivity index (χ4v) is 3.71. The van der Waals surface area contributed by atoms with Gasteiger partial charge in [-0.3, -0.25) is 10.1 Å². The molecule has 2 fully saturated rings. The first kappa shape index (κ1) is 16.1. The number of methoxy groups -OCH3 is 1. The van der Waals surface area contributed by atoms with Crippen molar-refractivity contribution in [2.75, 3.05) is 13.7 Å². The van der Waals surface area contributed by atoms with E-state index in [0.29, 0.717) is 13.1 Å². The van der Waals surface area contributed by atoms with Gasteiger partial charge in [0.1, 0.15) is 11.8 Å². The summed E-state index contributed by atoms with van der Waals surface area (Å²) in [5, 5.41) is 3.42. The van der Waals surface area contributed by atoms with Crippen LogP contribution in [-0.2, 0) is 21.8 Å². The number of nitrogens with zero attached hydrogens (tertiary/aromatic N) is 1. The van der Waals surface area contributed by atoms with Crippen LogP contribution in [0.15, 0.2) is 54.6 Å². The minimum atomic E-state index is -0.633. The monoisotopic (exact) mass is 338 g/mol. The molecule has 2 aromatic rings. The molecular formula is C20H22N2O3. The van der Waals surface area contributed by atoms with E-state index in [1.54, 1.807) is 7.11 Å². The Morgan fingerprint density at radius 2 is 1.92 bits per heavy atom. The summed E-state index contributed by atoms with van der Waals surface area (Å²) in [4.78, 5) is 14.7. The van der Waals surface area contributed by atoms with Gasteiger partial charge in [0.25, 0.3) is 0 Å². The molecule has 1 N–H and O–H groups in total. The van der Waals surface area contributed by atoms with Crippen LogP contribution < -0.4 is 10.1 Å². The summed E-state index contributed by atoms with van der Waals surface area (Å²) in [5.74, 6) is 0.903. The van der Waals surface area contributed by atoms with Crippen molar-refractivity contribution < 1.29 is 14.3 Å². The van der Waals surface area contributed by atoms with Gasteiger partial charge < -0.3 is 14.4 Å². The molecule has 0 aliphatic carbocycles. The molecule has 2 bridgehead atoms. The molecule has 0 radical (unpaired) electrons. The molecule has 2 heterocycles. The molecule has 2 saturated heterocycles. The van der Waals surface area contributed by atoms with Crippen LogP contribution in [0.25, 0.3) is 0 Å². The van der Waals surface area contributed by atoms with Crippen molar-refractivity contribution in [2.24, 2.45) is 0 Å². The van der Waals surface area contributed by atoms with E-state index in [9.17, 15) is 4.79 Å². The van der Waals surface area contributed by atoms with E-state index in [4.69, 9.17) is 9.47 Å². The summed E-state index contributed by atoms with van der Waals surface area (Å²) in [6.07, 6.45) is -0.159. The fourth-order valence-electron chi connectivity index (χ4n) is 3.71. The number of ether oxygens (including phenoxy) is 2. The first-order chi connectivity index (χ1) is 12.1. The van der Waals surface area contributed by atoms with Crippen molar-refractivity contribution in [3.05, 3.63) is 65.7 Å². The summed E-state index contributed by atoms with van der Waals surface area (Å²) < 4.78 is 11.4. The average molecular weight is 338 g/mol. The quantitative estimate of drug-likeness (QED) is 0.929. The zero-order valence-corrected chi connectivity index (χ0v) is 14.4. The van der Waals surface area contributed by atoms with Crippen molar-refractivity contribution in [2.45, 2.75) is 31.3 Å². The Morgan fingerprint density at radius 1 is 1.20 bits per heavy atom. The third kappa shape index (κ3) is 2.79. The number of hydrogen-bond donors (Lipinski definition) is 1. The Kier molecular flexibility index (Phi) is 3.98. The second-order valence-corrected chi connectivity index (χ2v) is 6.68. The van der Waals surface area contributed by atoms with Gasteiger partial charge in [-0.25, -0.2) is 0 Å². The highest BCUT2D eigenvalue weighted by molar-refractivity contribution is 5.84. The van der Waals surface area contributed by atoms with E-state index in [-0.39, 0.29) is 18.1 Å². The number of fused-ring (bicyclic) bond motifs is 2. The molecule has 0 spiro atoms. The number of hydrogen-bond acceptors (Lipinski definition) is 4. The van der Waals surface area contributed by atoms with Gasteiger partial charge in [-0.1, -0.05) is 42.5 Å². The Labute approximate surface area is 147 Å². The van der Waals surface area contributed by atoms with Crippen LogP contribution in [0.5, 0.6) is 5.75 Å². The Balaban J connectivity index is 1.61. The van der Waals surface area contributed by atoms with Crippen LogP contribution in [0, 0.1) is 0 Å². The summed E-state index contributed by atoms with van der Waals surface area (Å²) in [7, 11) is 1.65. The number of benzene rings is 2. The highest BCUT2D eigenvalue weighted by atomic mass is 16.5. The first-order valence-corrected chi connectivity index (χ1v) is 8.54. The highest BCUT2D eigenvalue weighted by Gasteiger charge is 2.54. The molecule has 1 unspecified atom stereocenters. The zero-order chi connectivity index (χ0) is 17.4. The third-order valence-electron chi connectivity index (χ3n) is 5.01. The van der Waals surface area contributed by atoms with E-state index in [1.165, 1.54) is 0 Å². The summed E-state index contributed by atoms with van der Waals surface area (Å²) in [5.41, 5.74) is 1.49. The normalized spacial score (nSPS) is 28.2. The lowest BCUT2D eigenvalue weighted by Crippen LogP contribution is -2.61. The lowest BCUT2D eigenvalue weighted by atomic mass is 9.98. The van der Waals surface area contributed by atoms with Crippen molar-refractivity contribution in [1.82, 2.24) is 10.2 Å². The molecule has 3 atom stereocenters. The van der Waals surface area contributed by atoms with Crippen molar-refractivity contribution in [1.29, 1.82) is 0 Å². The van der Waals surface area contributed by atoms with Crippen LogP contribution >= 0.6 is 0 Å². The van der Waals surface area contributed by atoms with Crippen LogP contribution in [0.1, 0.15) is 18.1 Å². The lowest BCUT2D eigenvalue weighted by molar-refractivity contribution is -0.140. The maximum absolute atomic E-state index is 12.9. The minimum absolute atomic E-state index is 0.0902. The molecule has 0 aromatic heterocycles. The number of amides is 1. The SMILES string of the molecule is COc1ccc(CN2CC3(c4ccccc4)N[C@@H](C2=O)[C@@H](C)O3)cc1. The minimum Gasteiger partial charge on any atom is -0.497 e. The molecule has 4 rings (SSSR count). The van der Waals surface area contributed by atoms with Crippen molar-refractivity contribution in [3.63, 3.8) is 0 Å². The standard InChI is InChI=1S/C20H22N2O3/c1-14-18-19(23)22(12-15-8-10-17(24-2)11-9-15)13-20(21-18,25-14)16-6-4-3-5-7-16/h3-11,14,18,21H,12-13H2,1-2H3/t14-,18-,20?/m1/s1. The van der Waals surface area contributed by atoms with E-state index >= 15 is 0 Å². The zero-order valence-electron chi connectivity index (χ0n) is 14.4. The lowest BCUT2D eigenvalue weighted by Gasteiger charge is -2.39. The number of carbonyl (C=O) groups is 1. The Bertz CT molecular complexity index is 762. The summed E-state index contributed by atoms with van der Waals surface area (Å²) >= 11 is 0. The predicted octanol–water partition coefficient (Wildman–Crippen LogP) is 2.27. The molecule has 2 aliphatic heterocycles. The Hall–Kier alpha value is -2.37. The van der Waals surface area contributed by atoms with Gasteiger partial charge in [0.05, 0.1) is 19.8 Å².